The number of nitrogens with one attached hydrogen (secondary N) is 1. The molecule has 0 atom stereocenters. The molecule has 2 aromatic heterocycles. The molecule has 0 aliphatic heterocycles. The summed E-state index contributed by atoms with van der Waals surface area (Å²) in [7, 11) is 1.31. The van der Waals surface area contributed by atoms with E-state index in [4.69, 9.17) is 4.74 Å². The summed E-state index contributed by atoms with van der Waals surface area (Å²) in [6.45, 7) is 0. The first-order valence-electron chi connectivity index (χ1n) is 9.65. The van der Waals surface area contributed by atoms with E-state index in [2.05, 4.69) is 41.5 Å². The summed E-state index contributed by atoms with van der Waals surface area (Å²) in [6, 6.07) is 15.6. The summed E-state index contributed by atoms with van der Waals surface area (Å²) in [5, 5.41) is 11.7. The molecule has 0 aliphatic rings. The summed E-state index contributed by atoms with van der Waals surface area (Å²) in [6.07, 6.45) is 3.32. The summed E-state index contributed by atoms with van der Waals surface area (Å²) < 4.78 is 7.24. The standard InChI is InChI=1S/C22H17BrN6O3S/c1-32-21(31)14-3-7-16(8-4-14)26-20(30)19-18(13-33-22-24-11-2-12-25-22)29(28-27-19)17-9-5-15(23)6-10-17/h2-12H,13H2,1H3,(H,26,30). The Balaban J connectivity index is 1.61. The van der Waals surface area contributed by atoms with E-state index in [-0.39, 0.29) is 5.69 Å². The van der Waals surface area contributed by atoms with Crippen LogP contribution in [0.3, 0.4) is 0 Å². The largest absolute Gasteiger partial charge is 0.465 e. The lowest BCUT2D eigenvalue weighted by Crippen LogP contribution is -2.15. The fourth-order valence-electron chi connectivity index (χ4n) is 2.89. The van der Waals surface area contributed by atoms with Crippen LogP contribution in [0.15, 0.2) is 76.6 Å². The van der Waals surface area contributed by atoms with Gasteiger partial charge in [0, 0.05) is 28.3 Å². The first kappa shape index (κ1) is 22.6. The Morgan fingerprint density at radius 1 is 1.06 bits per heavy atom. The van der Waals surface area contributed by atoms with Crippen LogP contribution in [0.2, 0.25) is 0 Å². The topological polar surface area (TPSA) is 112 Å². The van der Waals surface area contributed by atoms with Gasteiger partial charge in [-0.1, -0.05) is 32.9 Å². The van der Waals surface area contributed by atoms with Crippen LogP contribution < -0.4 is 5.32 Å². The molecule has 0 bridgehead atoms. The smallest absolute Gasteiger partial charge is 0.337 e. The number of thioether (sulfide) groups is 1. The van der Waals surface area contributed by atoms with Crippen molar-refractivity contribution in [2.75, 3.05) is 12.4 Å². The number of ether oxygens (including phenoxy) is 1. The average Bonchev–Trinajstić information content (AvgIpc) is 3.28. The van der Waals surface area contributed by atoms with Crippen molar-refractivity contribution in [3.8, 4) is 5.69 Å². The van der Waals surface area contributed by atoms with Gasteiger partial charge in [0.15, 0.2) is 10.9 Å². The molecule has 1 amide bonds. The van der Waals surface area contributed by atoms with Crippen LogP contribution in [0.4, 0.5) is 5.69 Å². The van der Waals surface area contributed by atoms with Crippen LogP contribution in [0.25, 0.3) is 5.69 Å². The number of esters is 1. The molecule has 4 aromatic rings. The van der Waals surface area contributed by atoms with Gasteiger partial charge in [0.1, 0.15) is 0 Å². The van der Waals surface area contributed by atoms with E-state index in [0.29, 0.717) is 27.9 Å². The summed E-state index contributed by atoms with van der Waals surface area (Å²) in [5.74, 6) is -0.501. The predicted octanol–water partition coefficient (Wildman–Crippen LogP) is 4.15. The molecular formula is C22H17BrN6O3S. The number of methoxy groups -OCH3 is 1. The zero-order valence-corrected chi connectivity index (χ0v) is 19.7. The lowest BCUT2D eigenvalue weighted by atomic mass is 10.2. The highest BCUT2D eigenvalue weighted by Crippen LogP contribution is 2.24. The zero-order chi connectivity index (χ0) is 23.2. The third-order valence-corrected chi connectivity index (χ3v) is 5.91. The third-order valence-electron chi connectivity index (χ3n) is 4.49. The number of halogens is 1. The lowest BCUT2D eigenvalue weighted by Gasteiger charge is -2.09. The maximum atomic E-state index is 13.1. The Kier molecular flexibility index (Phi) is 7.10. The van der Waals surface area contributed by atoms with Gasteiger partial charge < -0.3 is 10.1 Å². The lowest BCUT2D eigenvalue weighted by molar-refractivity contribution is 0.0600. The molecule has 0 radical (unpaired) electrons. The van der Waals surface area contributed by atoms with Gasteiger partial charge in [-0.25, -0.2) is 19.4 Å². The van der Waals surface area contributed by atoms with E-state index in [0.717, 1.165) is 10.2 Å². The number of nitrogens with zero attached hydrogens (tertiary/aromatic N) is 5. The van der Waals surface area contributed by atoms with Crippen molar-refractivity contribution in [3.05, 3.63) is 88.4 Å². The number of amides is 1. The van der Waals surface area contributed by atoms with Crippen LogP contribution in [0.5, 0.6) is 0 Å². The molecule has 0 spiro atoms. The van der Waals surface area contributed by atoms with Gasteiger partial charge in [0.25, 0.3) is 5.91 Å². The van der Waals surface area contributed by atoms with Gasteiger partial charge in [-0.15, -0.1) is 5.10 Å². The van der Waals surface area contributed by atoms with Crippen LogP contribution in [-0.2, 0) is 10.5 Å². The van der Waals surface area contributed by atoms with E-state index >= 15 is 0 Å². The van der Waals surface area contributed by atoms with Gasteiger partial charge in [-0.05, 0) is 54.6 Å². The van der Waals surface area contributed by atoms with Gasteiger partial charge in [0.05, 0.1) is 24.1 Å². The van der Waals surface area contributed by atoms with Crippen LogP contribution in [0, 0.1) is 0 Å². The molecular weight excluding hydrogens is 508 g/mol. The number of rotatable bonds is 7. The normalized spacial score (nSPS) is 10.6. The monoisotopic (exact) mass is 524 g/mol. The van der Waals surface area contributed by atoms with Crippen LogP contribution >= 0.6 is 27.7 Å². The van der Waals surface area contributed by atoms with Crippen LogP contribution in [-0.4, -0.2) is 43.9 Å². The van der Waals surface area contributed by atoms with Crippen molar-refractivity contribution in [1.29, 1.82) is 0 Å². The second kappa shape index (κ2) is 10.4. The van der Waals surface area contributed by atoms with Gasteiger partial charge in [0.2, 0.25) is 0 Å². The Labute approximate surface area is 201 Å². The molecule has 2 heterocycles. The molecule has 166 valence electrons. The summed E-state index contributed by atoms with van der Waals surface area (Å²) in [5.41, 5.74) is 2.43. The van der Waals surface area contributed by atoms with Gasteiger partial charge >= 0.3 is 5.97 Å². The third kappa shape index (κ3) is 5.44. The van der Waals surface area contributed by atoms with Crippen molar-refractivity contribution in [2.24, 2.45) is 0 Å². The van der Waals surface area contributed by atoms with Gasteiger partial charge in [-0.2, -0.15) is 0 Å². The minimum absolute atomic E-state index is 0.179. The fourth-order valence-corrected chi connectivity index (χ4v) is 3.95. The number of carbonyl (C=O) groups excluding carboxylic acids is 2. The van der Waals surface area contributed by atoms with Crippen LogP contribution in [0.1, 0.15) is 26.5 Å². The highest BCUT2D eigenvalue weighted by Gasteiger charge is 2.21. The Bertz CT molecular complexity index is 1260. The number of carbonyl (C=O) groups is 2. The number of aromatic nitrogens is 5. The molecule has 0 fully saturated rings. The second-order valence-electron chi connectivity index (χ2n) is 6.62. The van der Waals surface area contributed by atoms with Crippen molar-refractivity contribution in [2.45, 2.75) is 10.9 Å². The fraction of sp³-hybridized carbons (Fsp3) is 0.0909. The van der Waals surface area contributed by atoms with Crippen molar-refractivity contribution >= 4 is 45.3 Å². The number of anilines is 1. The first-order valence-corrected chi connectivity index (χ1v) is 11.4. The minimum Gasteiger partial charge on any atom is -0.465 e. The van der Waals surface area contributed by atoms with E-state index < -0.39 is 11.9 Å². The Hall–Kier alpha value is -3.57. The van der Waals surface area contributed by atoms with Crippen molar-refractivity contribution < 1.29 is 14.3 Å². The Morgan fingerprint density at radius 2 is 1.76 bits per heavy atom. The molecule has 11 heteroatoms. The van der Waals surface area contributed by atoms with E-state index in [1.54, 1.807) is 47.4 Å². The van der Waals surface area contributed by atoms with E-state index in [1.165, 1.54) is 18.9 Å². The summed E-state index contributed by atoms with van der Waals surface area (Å²) >= 11 is 4.79. The number of hydrogen-bond acceptors (Lipinski definition) is 8. The SMILES string of the molecule is COC(=O)c1ccc(NC(=O)c2nnn(-c3ccc(Br)cc3)c2CSc2ncccn2)cc1. The van der Waals surface area contributed by atoms with Crippen molar-refractivity contribution in [1.82, 2.24) is 25.0 Å². The molecule has 0 saturated carbocycles. The molecule has 0 unspecified atom stereocenters. The van der Waals surface area contributed by atoms with E-state index in [9.17, 15) is 9.59 Å². The molecule has 2 aromatic carbocycles. The second-order valence-corrected chi connectivity index (χ2v) is 8.47. The molecule has 9 nitrogen and oxygen atoms in total. The average molecular weight is 525 g/mol. The summed E-state index contributed by atoms with van der Waals surface area (Å²) in [4.78, 5) is 33.1. The highest BCUT2D eigenvalue weighted by atomic mass is 79.9. The maximum absolute atomic E-state index is 13.1. The predicted molar refractivity (Wildman–Crippen MR) is 126 cm³/mol. The molecule has 0 aliphatic carbocycles. The highest BCUT2D eigenvalue weighted by molar-refractivity contribution is 9.10. The molecule has 1 N–H and O–H groups in total. The van der Waals surface area contributed by atoms with Crippen molar-refractivity contribution in [3.63, 3.8) is 0 Å². The maximum Gasteiger partial charge on any atom is 0.337 e. The Morgan fingerprint density at radius 3 is 2.42 bits per heavy atom. The molecule has 4 rings (SSSR count). The molecule has 33 heavy (non-hydrogen) atoms. The van der Waals surface area contributed by atoms with E-state index in [1.807, 2.05) is 24.3 Å². The first-order chi connectivity index (χ1) is 16.0. The zero-order valence-electron chi connectivity index (χ0n) is 17.3. The van der Waals surface area contributed by atoms with Gasteiger partial charge in [-0.3, -0.25) is 4.79 Å². The minimum atomic E-state index is -0.451. The molecule has 0 saturated heterocycles. The number of benzene rings is 2. The quantitative estimate of drug-likeness (QED) is 0.218. The number of hydrogen-bond donors (Lipinski definition) is 1.